The molecule has 4 heteroatoms. The SMILES string of the molecule is C[Si](C)(C)c1nc(C(=O)OCc2ccccc2)cc2c1CCCC2. The predicted octanol–water partition coefficient (Wildman–Crippen LogP) is 3.86. The van der Waals surface area contributed by atoms with Crippen LogP contribution in [0.1, 0.15) is 40.0 Å². The maximum absolute atomic E-state index is 12.5. The van der Waals surface area contributed by atoms with Crippen LogP contribution < -0.4 is 5.32 Å². The van der Waals surface area contributed by atoms with Crippen LogP contribution in [0.5, 0.6) is 0 Å². The van der Waals surface area contributed by atoms with E-state index in [0.717, 1.165) is 18.4 Å². The van der Waals surface area contributed by atoms with Crippen LogP contribution in [0.4, 0.5) is 0 Å². The Morgan fingerprint density at radius 3 is 2.54 bits per heavy atom. The molecule has 0 unspecified atom stereocenters. The van der Waals surface area contributed by atoms with Gasteiger partial charge in [-0.1, -0.05) is 50.0 Å². The number of carbonyl (C=O) groups is 1. The number of aryl methyl sites for hydroxylation is 1. The van der Waals surface area contributed by atoms with E-state index < -0.39 is 8.07 Å². The second kappa shape index (κ2) is 6.89. The minimum absolute atomic E-state index is 0.292. The van der Waals surface area contributed by atoms with Gasteiger partial charge in [-0.15, -0.1) is 0 Å². The molecule has 0 saturated carbocycles. The van der Waals surface area contributed by atoms with Gasteiger partial charge < -0.3 is 4.74 Å². The van der Waals surface area contributed by atoms with Crippen molar-refractivity contribution in [3.63, 3.8) is 0 Å². The van der Waals surface area contributed by atoms with E-state index >= 15 is 0 Å². The predicted molar refractivity (Wildman–Crippen MR) is 99.4 cm³/mol. The summed E-state index contributed by atoms with van der Waals surface area (Å²) in [6, 6.07) is 11.7. The maximum Gasteiger partial charge on any atom is 0.357 e. The summed E-state index contributed by atoms with van der Waals surface area (Å²) in [7, 11) is -1.60. The summed E-state index contributed by atoms with van der Waals surface area (Å²) in [5, 5.41) is 1.19. The van der Waals surface area contributed by atoms with Gasteiger partial charge in [0.1, 0.15) is 20.4 Å². The quantitative estimate of drug-likeness (QED) is 0.627. The van der Waals surface area contributed by atoms with Crippen LogP contribution in [-0.2, 0) is 24.2 Å². The fourth-order valence-corrected chi connectivity index (χ4v) is 4.91. The molecule has 2 aromatic rings. The first-order chi connectivity index (χ1) is 11.4. The Balaban J connectivity index is 1.86. The number of pyridine rings is 1. The Morgan fingerprint density at radius 2 is 1.83 bits per heavy atom. The molecule has 3 rings (SSSR count). The second-order valence-corrected chi connectivity index (χ2v) is 12.5. The highest BCUT2D eigenvalue weighted by molar-refractivity contribution is 6.88. The standard InChI is InChI=1S/C20H25NO2Si/c1-24(2,3)19-17-12-8-7-11-16(17)13-18(21-19)20(22)23-14-15-9-5-4-6-10-15/h4-6,9-10,13H,7-8,11-12,14H2,1-3H3. The summed E-state index contributed by atoms with van der Waals surface area (Å²) in [5.41, 5.74) is 4.18. The summed E-state index contributed by atoms with van der Waals surface area (Å²) >= 11 is 0. The van der Waals surface area contributed by atoms with E-state index in [-0.39, 0.29) is 5.97 Å². The number of aromatic nitrogens is 1. The van der Waals surface area contributed by atoms with Gasteiger partial charge in [0.15, 0.2) is 0 Å². The summed E-state index contributed by atoms with van der Waals surface area (Å²) in [4.78, 5) is 17.3. The third-order valence-corrected chi connectivity index (χ3v) is 6.31. The Kier molecular flexibility index (Phi) is 4.85. The van der Waals surface area contributed by atoms with E-state index in [9.17, 15) is 4.79 Å². The Morgan fingerprint density at radius 1 is 1.12 bits per heavy atom. The number of rotatable bonds is 4. The van der Waals surface area contributed by atoms with Gasteiger partial charge in [-0.3, -0.25) is 4.98 Å². The van der Waals surface area contributed by atoms with Crippen molar-refractivity contribution in [1.29, 1.82) is 0 Å². The molecule has 0 N–H and O–H groups in total. The van der Waals surface area contributed by atoms with E-state index in [4.69, 9.17) is 9.72 Å². The molecule has 0 saturated heterocycles. The summed E-state index contributed by atoms with van der Waals surface area (Å²) < 4.78 is 5.49. The lowest BCUT2D eigenvalue weighted by molar-refractivity contribution is 0.0466. The lowest BCUT2D eigenvalue weighted by Crippen LogP contribution is -2.44. The van der Waals surface area contributed by atoms with E-state index in [1.807, 2.05) is 36.4 Å². The van der Waals surface area contributed by atoms with Crippen LogP contribution in [0.3, 0.4) is 0 Å². The number of hydrogen-bond donors (Lipinski definition) is 0. The second-order valence-electron chi connectivity index (χ2n) is 7.51. The van der Waals surface area contributed by atoms with Gasteiger partial charge in [0.05, 0.1) is 0 Å². The number of esters is 1. The fourth-order valence-electron chi connectivity index (χ4n) is 3.27. The molecule has 0 spiro atoms. The molecule has 0 fully saturated rings. The third-order valence-electron chi connectivity index (χ3n) is 4.47. The van der Waals surface area contributed by atoms with E-state index in [2.05, 4.69) is 19.6 Å². The van der Waals surface area contributed by atoms with E-state index in [1.54, 1.807) is 0 Å². The molecular formula is C20H25NO2Si. The molecule has 0 bridgehead atoms. The molecule has 1 aromatic carbocycles. The van der Waals surface area contributed by atoms with Crippen LogP contribution in [0.2, 0.25) is 19.6 Å². The smallest absolute Gasteiger partial charge is 0.357 e. The average molecular weight is 340 g/mol. The number of benzene rings is 1. The Labute approximate surface area is 145 Å². The lowest BCUT2D eigenvalue weighted by Gasteiger charge is -2.26. The molecule has 1 aromatic heterocycles. The van der Waals surface area contributed by atoms with Crippen LogP contribution >= 0.6 is 0 Å². The van der Waals surface area contributed by atoms with Gasteiger partial charge in [-0.25, -0.2) is 4.79 Å². The fraction of sp³-hybridized carbons (Fsp3) is 0.400. The van der Waals surface area contributed by atoms with Gasteiger partial charge in [0.2, 0.25) is 0 Å². The van der Waals surface area contributed by atoms with Gasteiger partial charge in [0.25, 0.3) is 0 Å². The first-order valence-electron chi connectivity index (χ1n) is 8.69. The van der Waals surface area contributed by atoms with Crippen LogP contribution in [0.15, 0.2) is 36.4 Å². The molecule has 1 aliphatic rings. The summed E-state index contributed by atoms with van der Waals surface area (Å²) in [5.74, 6) is -0.313. The summed E-state index contributed by atoms with van der Waals surface area (Å²) in [6.07, 6.45) is 4.57. The first kappa shape index (κ1) is 16.9. The minimum Gasteiger partial charge on any atom is -0.456 e. The molecule has 3 nitrogen and oxygen atoms in total. The molecule has 1 heterocycles. The van der Waals surface area contributed by atoms with Crippen molar-refractivity contribution in [2.24, 2.45) is 0 Å². The minimum atomic E-state index is -1.60. The van der Waals surface area contributed by atoms with Crippen LogP contribution in [0, 0.1) is 0 Å². The number of ether oxygens (including phenoxy) is 1. The molecule has 126 valence electrons. The molecule has 0 amide bonds. The summed E-state index contributed by atoms with van der Waals surface area (Å²) in [6.45, 7) is 7.18. The van der Waals surface area contributed by atoms with Crippen LogP contribution in [0.25, 0.3) is 0 Å². The Bertz CT molecular complexity index is 735. The maximum atomic E-state index is 12.5. The zero-order valence-corrected chi connectivity index (χ0v) is 15.8. The number of carbonyl (C=O) groups excluding carboxylic acids is 1. The number of fused-ring (bicyclic) bond motifs is 1. The van der Waals surface area contributed by atoms with Gasteiger partial charge in [-0.2, -0.15) is 0 Å². The highest BCUT2D eigenvalue weighted by atomic mass is 28.3. The monoisotopic (exact) mass is 339 g/mol. The van der Waals surface area contributed by atoms with Gasteiger partial charge >= 0.3 is 5.97 Å². The largest absolute Gasteiger partial charge is 0.456 e. The van der Waals surface area contributed by atoms with Crippen molar-refractivity contribution in [2.45, 2.75) is 51.9 Å². The van der Waals surface area contributed by atoms with Gasteiger partial charge in [-0.05, 0) is 48.4 Å². The molecule has 1 aliphatic carbocycles. The van der Waals surface area contributed by atoms with Crippen molar-refractivity contribution in [3.05, 3.63) is 58.8 Å². The highest BCUT2D eigenvalue weighted by Gasteiger charge is 2.27. The van der Waals surface area contributed by atoms with E-state index in [1.165, 1.54) is 29.3 Å². The third kappa shape index (κ3) is 3.75. The van der Waals surface area contributed by atoms with Crippen molar-refractivity contribution in [2.75, 3.05) is 0 Å². The molecule has 0 atom stereocenters. The topological polar surface area (TPSA) is 39.2 Å². The van der Waals surface area contributed by atoms with Gasteiger partial charge in [0, 0.05) is 5.32 Å². The average Bonchev–Trinajstić information content (AvgIpc) is 2.58. The lowest BCUT2D eigenvalue weighted by atomic mass is 9.93. The molecular weight excluding hydrogens is 314 g/mol. The number of hydrogen-bond acceptors (Lipinski definition) is 3. The molecule has 0 aliphatic heterocycles. The highest BCUT2D eigenvalue weighted by Crippen LogP contribution is 2.22. The van der Waals surface area contributed by atoms with Crippen molar-refractivity contribution in [3.8, 4) is 0 Å². The zero-order chi connectivity index (χ0) is 17.2. The molecule has 24 heavy (non-hydrogen) atoms. The van der Waals surface area contributed by atoms with Crippen molar-refractivity contribution >= 4 is 19.4 Å². The van der Waals surface area contributed by atoms with Crippen molar-refractivity contribution in [1.82, 2.24) is 4.98 Å². The Hall–Kier alpha value is -1.94. The molecule has 0 radical (unpaired) electrons. The normalized spacial score (nSPS) is 14.1. The van der Waals surface area contributed by atoms with E-state index in [0.29, 0.717) is 12.3 Å². The number of nitrogens with zero attached hydrogens (tertiary/aromatic N) is 1. The first-order valence-corrected chi connectivity index (χ1v) is 12.2. The van der Waals surface area contributed by atoms with Crippen LogP contribution in [-0.4, -0.2) is 19.0 Å². The van der Waals surface area contributed by atoms with Crippen molar-refractivity contribution < 1.29 is 9.53 Å². The zero-order valence-electron chi connectivity index (χ0n) is 14.8.